The van der Waals surface area contributed by atoms with Crippen molar-refractivity contribution >= 4 is 11.9 Å². The molecule has 0 spiro atoms. The Balaban J connectivity index is 0.00000137. The molecular weight excluding hydrogens is 232 g/mol. The van der Waals surface area contributed by atoms with E-state index in [1.165, 1.54) is 6.42 Å². The largest absolute Gasteiger partial charge is 0.463 e. The van der Waals surface area contributed by atoms with Crippen molar-refractivity contribution in [2.24, 2.45) is 5.92 Å². The van der Waals surface area contributed by atoms with E-state index in [-0.39, 0.29) is 11.9 Å². The number of hydrogen-bond acceptors (Lipinski definition) is 4. The average molecular weight is 258 g/mol. The van der Waals surface area contributed by atoms with Crippen molar-refractivity contribution in [3.8, 4) is 0 Å². The van der Waals surface area contributed by atoms with E-state index >= 15 is 0 Å². The van der Waals surface area contributed by atoms with E-state index in [1.54, 1.807) is 13.8 Å². The third-order valence-corrected chi connectivity index (χ3v) is 2.85. The molecule has 0 aromatic rings. The van der Waals surface area contributed by atoms with Crippen LogP contribution in [0.3, 0.4) is 0 Å². The lowest BCUT2D eigenvalue weighted by Gasteiger charge is -2.21. The number of esters is 2. The van der Waals surface area contributed by atoms with Gasteiger partial charge in [-0.1, -0.05) is 33.1 Å². The molecule has 0 aromatic carbocycles. The third kappa shape index (κ3) is 6.03. The van der Waals surface area contributed by atoms with Gasteiger partial charge in [0, 0.05) is 0 Å². The van der Waals surface area contributed by atoms with E-state index < -0.39 is 12.1 Å². The van der Waals surface area contributed by atoms with Crippen LogP contribution in [-0.2, 0) is 19.1 Å². The summed E-state index contributed by atoms with van der Waals surface area (Å²) in [5.74, 6) is -0.738. The van der Waals surface area contributed by atoms with Gasteiger partial charge in [-0.15, -0.1) is 0 Å². The van der Waals surface area contributed by atoms with Gasteiger partial charge in [0.1, 0.15) is 0 Å². The zero-order valence-electron chi connectivity index (χ0n) is 12.0. The second kappa shape index (κ2) is 9.92. The van der Waals surface area contributed by atoms with Gasteiger partial charge in [0.05, 0.1) is 12.5 Å². The minimum absolute atomic E-state index is 0.0226. The van der Waals surface area contributed by atoms with E-state index in [0.29, 0.717) is 6.61 Å². The molecule has 0 saturated heterocycles. The highest BCUT2D eigenvalue weighted by Gasteiger charge is 2.26. The van der Waals surface area contributed by atoms with E-state index in [0.717, 1.165) is 25.7 Å². The predicted molar refractivity (Wildman–Crippen MR) is 70.1 cm³/mol. The standard InChI is InChI=1S/C12H20O4.C2H6/c1-3-15-11(13)9(2)16-12(14)10-7-5-4-6-8-10;1-2/h9-10H,3-8H2,1-2H3;1-2H3. The summed E-state index contributed by atoms with van der Waals surface area (Å²) in [6.07, 6.45) is 4.33. The lowest BCUT2D eigenvalue weighted by molar-refractivity contribution is -0.169. The van der Waals surface area contributed by atoms with Crippen LogP contribution in [0.15, 0.2) is 0 Å². The van der Waals surface area contributed by atoms with Crippen LogP contribution in [0.25, 0.3) is 0 Å². The average Bonchev–Trinajstić information content (AvgIpc) is 2.42. The molecule has 0 N–H and O–H groups in total. The van der Waals surface area contributed by atoms with E-state index in [9.17, 15) is 9.59 Å². The first-order chi connectivity index (χ1) is 8.65. The van der Waals surface area contributed by atoms with Crippen LogP contribution in [0.5, 0.6) is 0 Å². The van der Waals surface area contributed by atoms with Crippen molar-refractivity contribution in [1.82, 2.24) is 0 Å². The maximum absolute atomic E-state index is 11.7. The molecule has 0 bridgehead atoms. The molecule has 0 heterocycles. The summed E-state index contributed by atoms with van der Waals surface area (Å²) in [6, 6.07) is 0. The van der Waals surface area contributed by atoms with Gasteiger partial charge in [-0.2, -0.15) is 0 Å². The first-order valence-corrected chi connectivity index (χ1v) is 7.02. The van der Waals surface area contributed by atoms with E-state index in [1.807, 2.05) is 13.8 Å². The summed E-state index contributed by atoms with van der Waals surface area (Å²) in [5, 5.41) is 0. The highest BCUT2D eigenvalue weighted by Crippen LogP contribution is 2.25. The Kier molecular flexibility index (Phi) is 9.33. The highest BCUT2D eigenvalue weighted by molar-refractivity contribution is 5.80. The Hall–Kier alpha value is -1.06. The van der Waals surface area contributed by atoms with Crippen LogP contribution in [0.1, 0.15) is 59.8 Å². The van der Waals surface area contributed by atoms with Gasteiger partial charge in [0.15, 0.2) is 6.10 Å². The van der Waals surface area contributed by atoms with Crippen molar-refractivity contribution in [1.29, 1.82) is 0 Å². The molecule has 1 saturated carbocycles. The van der Waals surface area contributed by atoms with Gasteiger partial charge in [-0.25, -0.2) is 4.79 Å². The van der Waals surface area contributed by atoms with E-state index in [2.05, 4.69) is 0 Å². The van der Waals surface area contributed by atoms with Crippen molar-refractivity contribution in [2.45, 2.75) is 65.9 Å². The Morgan fingerprint density at radius 3 is 2.22 bits per heavy atom. The molecule has 1 rings (SSSR count). The third-order valence-electron chi connectivity index (χ3n) is 2.85. The second-order valence-electron chi connectivity index (χ2n) is 4.17. The zero-order chi connectivity index (χ0) is 14.0. The minimum Gasteiger partial charge on any atom is -0.463 e. The smallest absolute Gasteiger partial charge is 0.347 e. The number of carbonyl (C=O) groups excluding carboxylic acids is 2. The van der Waals surface area contributed by atoms with Crippen molar-refractivity contribution in [3.05, 3.63) is 0 Å². The number of carbonyl (C=O) groups is 2. The quantitative estimate of drug-likeness (QED) is 0.727. The molecule has 0 amide bonds. The second-order valence-corrected chi connectivity index (χ2v) is 4.17. The van der Waals surface area contributed by atoms with Gasteiger partial charge in [0.2, 0.25) is 0 Å². The number of hydrogen-bond donors (Lipinski definition) is 0. The fraction of sp³-hybridized carbons (Fsp3) is 0.857. The molecule has 1 aliphatic carbocycles. The van der Waals surface area contributed by atoms with Crippen LogP contribution in [0, 0.1) is 5.92 Å². The Morgan fingerprint density at radius 2 is 1.72 bits per heavy atom. The molecule has 1 atom stereocenters. The predicted octanol–water partition coefficient (Wildman–Crippen LogP) is 3.09. The Morgan fingerprint density at radius 1 is 1.17 bits per heavy atom. The molecule has 1 unspecified atom stereocenters. The Bertz CT molecular complexity index is 244. The summed E-state index contributed by atoms with van der Waals surface area (Å²) >= 11 is 0. The van der Waals surface area contributed by atoms with Crippen LogP contribution in [0.4, 0.5) is 0 Å². The molecule has 4 nitrogen and oxygen atoms in total. The van der Waals surface area contributed by atoms with Crippen LogP contribution >= 0.6 is 0 Å². The summed E-state index contributed by atoms with van der Waals surface area (Å²) in [4.78, 5) is 22.9. The summed E-state index contributed by atoms with van der Waals surface area (Å²) in [7, 11) is 0. The fourth-order valence-corrected chi connectivity index (χ4v) is 1.92. The molecular formula is C14H26O4. The van der Waals surface area contributed by atoms with Crippen LogP contribution in [-0.4, -0.2) is 24.6 Å². The SMILES string of the molecule is CC.CCOC(=O)C(C)OC(=O)C1CCCCC1. The number of rotatable bonds is 4. The summed E-state index contributed by atoms with van der Waals surface area (Å²) in [6.45, 7) is 7.59. The molecule has 1 fully saturated rings. The molecule has 0 aliphatic heterocycles. The maximum atomic E-state index is 11.7. The zero-order valence-corrected chi connectivity index (χ0v) is 12.0. The molecule has 4 heteroatoms. The van der Waals surface area contributed by atoms with Crippen LogP contribution < -0.4 is 0 Å². The van der Waals surface area contributed by atoms with Gasteiger partial charge in [0.25, 0.3) is 0 Å². The van der Waals surface area contributed by atoms with Gasteiger partial charge in [-0.3, -0.25) is 4.79 Å². The van der Waals surface area contributed by atoms with Gasteiger partial charge < -0.3 is 9.47 Å². The van der Waals surface area contributed by atoms with Crippen molar-refractivity contribution in [2.75, 3.05) is 6.61 Å². The lowest BCUT2D eigenvalue weighted by atomic mass is 9.89. The molecule has 0 aromatic heterocycles. The summed E-state index contributed by atoms with van der Waals surface area (Å²) < 4.78 is 9.87. The van der Waals surface area contributed by atoms with Crippen LogP contribution in [0.2, 0.25) is 0 Å². The molecule has 0 radical (unpaired) electrons. The fourth-order valence-electron chi connectivity index (χ4n) is 1.92. The van der Waals surface area contributed by atoms with Gasteiger partial charge in [-0.05, 0) is 26.7 Å². The molecule has 106 valence electrons. The monoisotopic (exact) mass is 258 g/mol. The first kappa shape index (κ1) is 16.9. The van der Waals surface area contributed by atoms with E-state index in [4.69, 9.17) is 9.47 Å². The topological polar surface area (TPSA) is 52.6 Å². The van der Waals surface area contributed by atoms with Gasteiger partial charge >= 0.3 is 11.9 Å². The van der Waals surface area contributed by atoms with Crippen molar-refractivity contribution < 1.29 is 19.1 Å². The lowest BCUT2D eigenvalue weighted by Crippen LogP contribution is -2.30. The normalized spacial score (nSPS) is 17.1. The summed E-state index contributed by atoms with van der Waals surface area (Å²) in [5.41, 5.74) is 0. The molecule has 1 aliphatic rings. The molecule has 18 heavy (non-hydrogen) atoms. The maximum Gasteiger partial charge on any atom is 0.347 e. The minimum atomic E-state index is -0.783. The van der Waals surface area contributed by atoms with Crippen molar-refractivity contribution in [3.63, 3.8) is 0 Å². The first-order valence-electron chi connectivity index (χ1n) is 7.02. The number of ether oxygens (including phenoxy) is 2. The Labute approximate surface area is 110 Å². The highest BCUT2D eigenvalue weighted by atomic mass is 16.6.